The molecule has 0 bridgehead atoms. The van der Waals surface area contributed by atoms with Gasteiger partial charge < -0.3 is 0 Å². The van der Waals surface area contributed by atoms with Crippen molar-refractivity contribution in [2.45, 2.75) is 13.8 Å². The fourth-order valence-corrected chi connectivity index (χ4v) is 0.730. The monoisotopic (exact) mass is 121 g/mol. The summed E-state index contributed by atoms with van der Waals surface area (Å²) < 4.78 is 1.30. The van der Waals surface area contributed by atoms with Crippen molar-refractivity contribution < 1.29 is 0 Å². The number of rotatable bonds is 0. The van der Waals surface area contributed by atoms with Crippen molar-refractivity contribution in [2.75, 3.05) is 0 Å². The Hall–Kier alpha value is -1.30. The second-order valence-electron chi connectivity index (χ2n) is 1.94. The predicted molar refractivity (Wildman–Crippen MR) is 32.7 cm³/mol. The third kappa shape index (κ3) is 0.918. The molecule has 1 heterocycles. The zero-order valence-corrected chi connectivity index (χ0v) is 5.42. The van der Waals surface area contributed by atoms with Crippen molar-refractivity contribution in [1.29, 1.82) is 5.26 Å². The van der Waals surface area contributed by atoms with Gasteiger partial charge in [0.1, 0.15) is 0 Å². The topological polar surface area (TPSA) is 41.6 Å². The van der Waals surface area contributed by atoms with Crippen LogP contribution in [0.3, 0.4) is 0 Å². The second kappa shape index (κ2) is 1.90. The lowest BCUT2D eigenvalue weighted by atomic mass is 10.4. The standard InChI is InChI=1S/C6H7N3/c1-5-3-6(2)9(4-7)8-5/h3H,1-2H3. The predicted octanol–water partition coefficient (Wildman–Crippen LogP) is 0.829. The molecule has 3 nitrogen and oxygen atoms in total. The van der Waals surface area contributed by atoms with Gasteiger partial charge in [-0.05, 0) is 19.9 Å². The summed E-state index contributed by atoms with van der Waals surface area (Å²) in [5.41, 5.74) is 1.77. The highest BCUT2D eigenvalue weighted by Gasteiger charge is 1.95. The van der Waals surface area contributed by atoms with Crippen molar-refractivity contribution in [2.24, 2.45) is 0 Å². The van der Waals surface area contributed by atoms with E-state index in [2.05, 4.69) is 5.10 Å². The fourth-order valence-electron chi connectivity index (χ4n) is 0.730. The minimum absolute atomic E-state index is 0.883. The lowest BCUT2D eigenvalue weighted by Gasteiger charge is -1.83. The second-order valence-corrected chi connectivity index (χ2v) is 1.94. The number of hydrogen-bond acceptors (Lipinski definition) is 2. The molecule has 9 heavy (non-hydrogen) atoms. The smallest absolute Gasteiger partial charge is 0.171 e. The van der Waals surface area contributed by atoms with E-state index in [9.17, 15) is 0 Å². The normalized spacial score (nSPS) is 9.00. The van der Waals surface area contributed by atoms with Gasteiger partial charge in [-0.15, -0.1) is 0 Å². The van der Waals surface area contributed by atoms with Gasteiger partial charge >= 0.3 is 0 Å². The summed E-state index contributed by atoms with van der Waals surface area (Å²) in [7, 11) is 0. The first-order valence-corrected chi connectivity index (χ1v) is 2.67. The van der Waals surface area contributed by atoms with E-state index in [1.54, 1.807) is 0 Å². The molecule has 0 aliphatic heterocycles. The molecular weight excluding hydrogens is 114 g/mol. The third-order valence-corrected chi connectivity index (χ3v) is 1.10. The first-order chi connectivity index (χ1) is 4.24. The number of nitriles is 1. The minimum atomic E-state index is 0.883. The van der Waals surface area contributed by atoms with E-state index >= 15 is 0 Å². The van der Waals surface area contributed by atoms with Gasteiger partial charge in [0, 0.05) is 0 Å². The van der Waals surface area contributed by atoms with E-state index in [0.29, 0.717) is 0 Å². The first-order valence-electron chi connectivity index (χ1n) is 2.67. The molecule has 0 aromatic carbocycles. The van der Waals surface area contributed by atoms with Gasteiger partial charge in [-0.2, -0.15) is 15.0 Å². The minimum Gasteiger partial charge on any atom is -0.171 e. The maximum Gasteiger partial charge on any atom is 0.206 e. The van der Waals surface area contributed by atoms with E-state index in [0.717, 1.165) is 11.4 Å². The Kier molecular flexibility index (Phi) is 1.23. The quantitative estimate of drug-likeness (QED) is 0.510. The number of nitrogens with zero attached hydrogens (tertiary/aromatic N) is 3. The summed E-state index contributed by atoms with van der Waals surface area (Å²) in [6.07, 6.45) is 1.92. The Morgan fingerprint density at radius 1 is 1.67 bits per heavy atom. The van der Waals surface area contributed by atoms with E-state index in [4.69, 9.17) is 5.26 Å². The summed E-state index contributed by atoms with van der Waals surface area (Å²) in [5, 5.41) is 12.3. The van der Waals surface area contributed by atoms with Crippen LogP contribution in [-0.4, -0.2) is 9.78 Å². The largest absolute Gasteiger partial charge is 0.206 e. The van der Waals surface area contributed by atoms with Crippen LogP contribution in [0.4, 0.5) is 0 Å². The molecule has 0 spiro atoms. The maximum atomic E-state index is 8.38. The van der Waals surface area contributed by atoms with E-state index in [1.807, 2.05) is 26.1 Å². The summed E-state index contributed by atoms with van der Waals surface area (Å²) in [6.45, 7) is 3.71. The molecule has 0 saturated carbocycles. The van der Waals surface area contributed by atoms with E-state index in [1.165, 1.54) is 4.68 Å². The Bertz CT molecular complexity index is 254. The lowest BCUT2D eigenvalue weighted by molar-refractivity contribution is 0.849. The third-order valence-electron chi connectivity index (χ3n) is 1.10. The molecule has 1 rings (SSSR count). The molecule has 0 amide bonds. The average Bonchev–Trinajstić information content (AvgIpc) is 2.10. The number of aryl methyl sites for hydroxylation is 2. The van der Waals surface area contributed by atoms with E-state index in [-0.39, 0.29) is 0 Å². The molecule has 0 aliphatic carbocycles. The van der Waals surface area contributed by atoms with Gasteiger partial charge in [-0.3, -0.25) is 0 Å². The molecule has 1 aromatic rings. The molecule has 0 fully saturated rings. The van der Waals surface area contributed by atoms with Crippen LogP contribution in [0.25, 0.3) is 0 Å². The number of aromatic nitrogens is 2. The molecule has 1 aromatic heterocycles. The molecule has 0 radical (unpaired) electrons. The summed E-state index contributed by atoms with van der Waals surface area (Å²) in [4.78, 5) is 0. The zero-order chi connectivity index (χ0) is 6.85. The van der Waals surface area contributed by atoms with Crippen LogP contribution in [0.5, 0.6) is 0 Å². The van der Waals surface area contributed by atoms with Crippen LogP contribution < -0.4 is 0 Å². The molecule has 0 atom stereocenters. The van der Waals surface area contributed by atoms with Crippen LogP contribution in [0, 0.1) is 25.3 Å². The van der Waals surface area contributed by atoms with Gasteiger partial charge in [0.2, 0.25) is 6.19 Å². The van der Waals surface area contributed by atoms with Gasteiger partial charge in [-0.1, -0.05) is 0 Å². The highest BCUT2D eigenvalue weighted by molar-refractivity contribution is 5.09. The van der Waals surface area contributed by atoms with Gasteiger partial charge in [0.05, 0.1) is 11.4 Å². The van der Waals surface area contributed by atoms with Crippen molar-refractivity contribution in [3.05, 3.63) is 17.5 Å². The molecular formula is C6H7N3. The van der Waals surface area contributed by atoms with Crippen molar-refractivity contribution in [3.8, 4) is 6.19 Å². The SMILES string of the molecule is Cc1cc(C)n(C#N)n1. The van der Waals surface area contributed by atoms with Crippen molar-refractivity contribution in [1.82, 2.24) is 9.78 Å². The van der Waals surface area contributed by atoms with Gasteiger partial charge in [0.15, 0.2) is 0 Å². The van der Waals surface area contributed by atoms with Gasteiger partial charge in [0.25, 0.3) is 0 Å². The molecule has 3 heteroatoms. The molecule has 0 aliphatic rings. The lowest BCUT2D eigenvalue weighted by Crippen LogP contribution is -1.91. The Balaban J connectivity index is 3.20. The van der Waals surface area contributed by atoms with Crippen LogP contribution in [0.1, 0.15) is 11.4 Å². The molecule has 46 valence electrons. The summed E-state index contributed by atoms with van der Waals surface area (Å²) in [6, 6.07) is 1.86. The summed E-state index contributed by atoms with van der Waals surface area (Å²) >= 11 is 0. The molecule has 0 saturated heterocycles. The van der Waals surface area contributed by atoms with Crippen LogP contribution in [-0.2, 0) is 0 Å². The van der Waals surface area contributed by atoms with Crippen molar-refractivity contribution >= 4 is 0 Å². The highest BCUT2D eigenvalue weighted by atomic mass is 15.3. The van der Waals surface area contributed by atoms with Crippen LogP contribution in [0.2, 0.25) is 0 Å². The molecule has 0 N–H and O–H groups in total. The molecule has 0 unspecified atom stereocenters. The summed E-state index contributed by atoms with van der Waals surface area (Å²) in [5.74, 6) is 0. The zero-order valence-electron chi connectivity index (χ0n) is 5.42. The van der Waals surface area contributed by atoms with E-state index < -0.39 is 0 Å². The highest BCUT2D eigenvalue weighted by Crippen LogP contribution is 1.98. The Morgan fingerprint density at radius 2 is 2.33 bits per heavy atom. The van der Waals surface area contributed by atoms with Crippen molar-refractivity contribution in [3.63, 3.8) is 0 Å². The number of hydrogen-bond donors (Lipinski definition) is 0. The van der Waals surface area contributed by atoms with Crippen LogP contribution in [0.15, 0.2) is 6.07 Å². The first kappa shape index (κ1) is 5.83. The Morgan fingerprint density at radius 3 is 2.56 bits per heavy atom. The van der Waals surface area contributed by atoms with Crippen LogP contribution >= 0.6 is 0 Å². The Labute approximate surface area is 53.5 Å². The van der Waals surface area contributed by atoms with Gasteiger partial charge in [-0.25, -0.2) is 0 Å². The maximum absolute atomic E-state index is 8.38. The fraction of sp³-hybridized carbons (Fsp3) is 0.333. The average molecular weight is 121 g/mol.